The maximum absolute atomic E-state index is 5.42. The van der Waals surface area contributed by atoms with E-state index in [1.807, 2.05) is 44.2 Å². The predicted octanol–water partition coefficient (Wildman–Crippen LogP) is 4.62. The van der Waals surface area contributed by atoms with Gasteiger partial charge in [-0.05, 0) is 63.5 Å². The number of nitrogens with one attached hydrogen (secondary N) is 3. The van der Waals surface area contributed by atoms with Crippen molar-refractivity contribution in [2.75, 3.05) is 23.3 Å². The molecule has 8 nitrogen and oxygen atoms in total. The van der Waals surface area contributed by atoms with E-state index in [2.05, 4.69) is 36.3 Å². The number of rotatable bonds is 9. The number of aromatic nitrogens is 2. The van der Waals surface area contributed by atoms with Crippen molar-refractivity contribution in [2.24, 2.45) is 22.0 Å². The highest BCUT2D eigenvalue weighted by Crippen LogP contribution is 2.31. The molecule has 1 heterocycles. The van der Waals surface area contributed by atoms with Gasteiger partial charge in [-0.25, -0.2) is 5.43 Å². The van der Waals surface area contributed by atoms with E-state index in [0.29, 0.717) is 29.4 Å². The molecule has 3 N–H and O–H groups in total. The minimum atomic E-state index is 0.409. The number of anilines is 4. The van der Waals surface area contributed by atoms with Gasteiger partial charge in [-0.3, -0.25) is 5.43 Å². The Balaban J connectivity index is 1.57. The summed E-state index contributed by atoms with van der Waals surface area (Å²) < 4.78 is 5.42. The van der Waals surface area contributed by atoms with Crippen molar-refractivity contribution in [3.63, 3.8) is 0 Å². The largest absolute Gasteiger partial charge is 0.495 e. The summed E-state index contributed by atoms with van der Waals surface area (Å²) in [6, 6.07) is 9.52. The summed E-state index contributed by atoms with van der Waals surface area (Å²) >= 11 is 0. The molecule has 1 aromatic carbocycles. The van der Waals surface area contributed by atoms with E-state index in [1.165, 1.54) is 25.7 Å². The van der Waals surface area contributed by atoms with Crippen LogP contribution in [0.2, 0.25) is 0 Å². The molecule has 2 saturated carbocycles. The minimum absolute atomic E-state index is 0.409. The van der Waals surface area contributed by atoms with Gasteiger partial charge < -0.3 is 10.1 Å². The maximum Gasteiger partial charge on any atom is 0.247 e. The average Bonchev–Trinajstić information content (AvgIpc) is 3.63. The van der Waals surface area contributed by atoms with Crippen molar-refractivity contribution in [1.29, 1.82) is 0 Å². The summed E-state index contributed by atoms with van der Waals surface area (Å²) in [6.07, 6.45) is 4.83. The van der Waals surface area contributed by atoms with E-state index in [-0.39, 0.29) is 0 Å². The standard InChI is InChI=1S/C21H27N7O/c1-13(15-8-9-15)25-27-20-12-19(22-17-6-4-5-7-18(17)29-3)23-21(24-20)28-26-14(2)16-10-11-16/h4-7,12,15-16H,8-11H2,1-3H3,(H3,22,23,24,27,28). The van der Waals surface area contributed by atoms with E-state index in [0.717, 1.165) is 22.9 Å². The molecule has 29 heavy (non-hydrogen) atoms. The van der Waals surface area contributed by atoms with Gasteiger partial charge in [-0.1, -0.05) is 12.1 Å². The molecule has 0 amide bonds. The lowest BCUT2D eigenvalue weighted by Gasteiger charge is -2.12. The third kappa shape index (κ3) is 5.22. The van der Waals surface area contributed by atoms with Gasteiger partial charge in [0.15, 0.2) is 5.82 Å². The number of hydrogen-bond acceptors (Lipinski definition) is 8. The van der Waals surface area contributed by atoms with Crippen LogP contribution in [0.1, 0.15) is 39.5 Å². The smallest absolute Gasteiger partial charge is 0.247 e. The summed E-state index contributed by atoms with van der Waals surface area (Å²) in [5.74, 6) is 3.54. The first-order valence-electron chi connectivity index (χ1n) is 10.0. The third-order valence-corrected chi connectivity index (χ3v) is 5.11. The zero-order valence-corrected chi connectivity index (χ0v) is 17.1. The first-order valence-corrected chi connectivity index (χ1v) is 10.0. The molecule has 0 spiro atoms. The van der Waals surface area contributed by atoms with Crippen molar-refractivity contribution in [2.45, 2.75) is 39.5 Å². The van der Waals surface area contributed by atoms with Crippen LogP contribution in [0, 0.1) is 11.8 Å². The Bertz CT molecular complexity index is 884. The lowest BCUT2D eigenvalue weighted by atomic mass is 10.3. The Morgan fingerprint density at radius 2 is 1.55 bits per heavy atom. The van der Waals surface area contributed by atoms with Gasteiger partial charge in [0.05, 0.1) is 12.8 Å². The molecular formula is C21H27N7O. The highest BCUT2D eigenvalue weighted by molar-refractivity contribution is 5.87. The van der Waals surface area contributed by atoms with Crippen LogP contribution in [-0.2, 0) is 0 Å². The molecule has 1 aromatic heterocycles. The maximum atomic E-state index is 5.42. The molecular weight excluding hydrogens is 366 g/mol. The van der Waals surface area contributed by atoms with Crippen LogP contribution in [0.3, 0.4) is 0 Å². The van der Waals surface area contributed by atoms with Crippen LogP contribution in [0.5, 0.6) is 5.75 Å². The van der Waals surface area contributed by atoms with Gasteiger partial charge in [-0.2, -0.15) is 20.2 Å². The fourth-order valence-electron chi connectivity index (χ4n) is 2.97. The average molecular weight is 393 g/mol. The fourth-order valence-corrected chi connectivity index (χ4v) is 2.97. The zero-order chi connectivity index (χ0) is 20.2. The van der Waals surface area contributed by atoms with Crippen LogP contribution in [0.25, 0.3) is 0 Å². The van der Waals surface area contributed by atoms with Gasteiger partial charge in [0, 0.05) is 17.5 Å². The molecule has 2 aromatic rings. The molecule has 0 bridgehead atoms. The Hall–Kier alpha value is -3.16. The molecule has 4 rings (SSSR count). The first-order chi connectivity index (χ1) is 14.1. The van der Waals surface area contributed by atoms with Gasteiger partial charge >= 0.3 is 0 Å². The quantitative estimate of drug-likeness (QED) is 0.425. The number of benzene rings is 1. The molecule has 0 radical (unpaired) electrons. The number of hydrogen-bond donors (Lipinski definition) is 3. The lowest BCUT2D eigenvalue weighted by molar-refractivity contribution is 0.417. The molecule has 2 aliphatic rings. The highest BCUT2D eigenvalue weighted by atomic mass is 16.5. The summed E-state index contributed by atoms with van der Waals surface area (Å²) in [5, 5.41) is 12.2. The molecule has 0 saturated heterocycles. The first kappa shape index (κ1) is 19.2. The zero-order valence-electron chi connectivity index (χ0n) is 17.1. The van der Waals surface area contributed by atoms with Crippen molar-refractivity contribution >= 4 is 34.7 Å². The van der Waals surface area contributed by atoms with E-state index in [1.54, 1.807) is 7.11 Å². The van der Waals surface area contributed by atoms with Gasteiger partial charge in [0.25, 0.3) is 0 Å². The van der Waals surface area contributed by atoms with Crippen molar-refractivity contribution in [3.8, 4) is 5.75 Å². The Morgan fingerprint density at radius 1 is 0.931 bits per heavy atom. The van der Waals surface area contributed by atoms with E-state index < -0.39 is 0 Å². The molecule has 8 heteroatoms. The fraction of sp³-hybridized carbons (Fsp3) is 0.429. The van der Waals surface area contributed by atoms with E-state index in [4.69, 9.17) is 4.74 Å². The summed E-state index contributed by atoms with van der Waals surface area (Å²) in [7, 11) is 1.64. The highest BCUT2D eigenvalue weighted by Gasteiger charge is 2.25. The van der Waals surface area contributed by atoms with Crippen LogP contribution in [0.15, 0.2) is 40.5 Å². The van der Waals surface area contributed by atoms with Crippen molar-refractivity contribution in [3.05, 3.63) is 30.3 Å². The summed E-state index contributed by atoms with van der Waals surface area (Å²) in [6.45, 7) is 4.08. The van der Waals surface area contributed by atoms with Crippen molar-refractivity contribution in [1.82, 2.24) is 9.97 Å². The lowest BCUT2D eigenvalue weighted by Crippen LogP contribution is -2.07. The summed E-state index contributed by atoms with van der Waals surface area (Å²) in [5.41, 5.74) is 9.05. The SMILES string of the molecule is COc1ccccc1Nc1cc(NN=C(C)C2CC2)nc(NN=C(C)C2CC2)n1. The van der Waals surface area contributed by atoms with Gasteiger partial charge in [0.2, 0.25) is 5.95 Å². The molecule has 0 aliphatic heterocycles. The number of hydrazone groups is 2. The number of nitrogens with zero attached hydrogens (tertiary/aromatic N) is 4. The Labute approximate surface area is 170 Å². The van der Waals surface area contributed by atoms with Gasteiger partial charge in [0.1, 0.15) is 11.6 Å². The van der Waals surface area contributed by atoms with E-state index in [9.17, 15) is 0 Å². The topological polar surface area (TPSA) is 95.8 Å². The minimum Gasteiger partial charge on any atom is -0.495 e. The normalized spacial score (nSPS) is 17.1. The van der Waals surface area contributed by atoms with Crippen LogP contribution >= 0.6 is 0 Å². The molecule has 2 aliphatic carbocycles. The molecule has 0 unspecified atom stereocenters. The molecule has 2 fully saturated rings. The Morgan fingerprint density at radius 3 is 2.21 bits per heavy atom. The number of para-hydroxylation sites is 2. The second-order valence-electron chi connectivity index (χ2n) is 7.57. The third-order valence-electron chi connectivity index (χ3n) is 5.11. The second kappa shape index (κ2) is 8.46. The van der Waals surface area contributed by atoms with Crippen LogP contribution in [0.4, 0.5) is 23.3 Å². The van der Waals surface area contributed by atoms with Crippen molar-refractivity contribution < 1.29 is 4.74 Å². The van der Waals surface area contributed by atoms with Crippen LogP contribution in [-0.4, -0.2) is 28.5 Å². The van der Waals surface area contributed by atoms with Crippen LogP contribution < -0.4 is 20.9 Å². The molecule has 0 atom stereocenters. The monoisotopic (exact) mass is 393 g/mol. The van der Waals surface area contributed by atoms with E-state index >= 15 is 0 Å². The number of ether oxygens (including phenoxy) is 1. The molecule has 152 valence electrons. The van der Waals surface area contributed by atoms with Gasteiger partial charge in [-0.15, -0.1) is 0 Å². The number of methoxy groups -OCH3 is 1. The summed E-state index contributed by atoms with van der Waals surface area (Å²) in [4.78, 5) is 9.05. The predicted molar refractivity (Wildman–Crippen MR) is 117 cm³/mol. The Kier molecular flexibility index (Phi) is 5.59. The second-order valence-corrected chi connectivity index (χ2v) is 7.57.